The second-order valence-corrected chi connectivity index (χ2v) is 4.54. The zero-order valence-corrected chi connectivity index (χ0v) is 9.50. The Hall–Kier alpha value is -1.82. The largest absolute Gasteiger partial charge is 0.398 e. The van der Waals surface area contributed by atoms with Gasteiger partial charge in [0.05, 0.1) is 17.6 Å². The van der Waals surface area contributed by atoms with Crippen molar-refractivity contribution in [1.29, 1.82) is 0 Å². The van der Waals surface area contributed by atoms with Crippen LogP contribution in [0.3, 0.4) is 0 Å². The monoisotopic (exact) mass is 237 g/mol. The van der Waals surface area contributed by atoms with E-state index >= 15 is 0 Å². The average molecular weight is 237 g/mol. The molecule has 0 bridgehead atoms. The Bertz CT molecular complexity index is 471. The number of nitrogens with zero attached hydrogens (tertiary/aromatic N) is 1. The fourth-order valence-corrected chi connectivity index (χ4v) is 2.05. The molecule has 0 radical (unpaired) electrons. The molecule has 0 aliphatic rings. The maximum Gasteiger partial charge on any atom is 0.261 e. The summed E-state index contributed by atoms with van der Waals surface area (Å²) in [5.41, 5.74) is 6.32. The lowest BCUT2D eigenvalue weighted by atomic mass is 10.3. The first-order valence-corrected chi connectivity index (χ1v) is 5.52. The molecule has 16 heavy (non-hydrogen) atoms. The van der Waals surface area contributed by atoms with E-state index in [1.807, 2.05) is 6.92 Å². The Kier molecular flexibility index (Phi) is 2.91. The SMILES string of the molecule is Cc1sc(C(=O)NCc2ccno2)cc1N. The number of carbonyl (C=O) groups is 1. The summed E-state index contributed by atoms with van der Waals surface area (Å²) in [6.45, 7) is 2.21. The van der Waals surface area contributed by atoms with E-state index in [0.29, 0.717) is 22.9 Å². The molecule has 1 amide bonds. The predicted molar refractivity (Wildman–Crippen MR) is 61.1 cm³/mol. The standard InChI is InChI=1S/C10H11N3O2S/c1-6-8(11)4-9(16-6)10(14)12-5-7-2-3-13-15-7/h2-4H,5,11H2,1H3,(H,12,14). The van der Waals surface area contributed by atoms with E-state index in [0.717, 1.165) is 4.88 Å². The first-order valence-electron chi connectivity index (χ1n) is 4.70. The number of aromatic nitrogens is 1. The normalized spacial score (nSPS) is 10.3. The Morgan fingerprint density at radius 3 is 3.06 bits per heavy atom. The van der Waals surface area contributed by atoms with Crippen LogP contribution in [0.4, 0.5) is 5.69 Å². The Labute approximate surface area is 96.2 Å². The van der Waals surface area contributed by atoms with Crippen LogP contribution in [0, 0.1) is 6.92 Å². The Balaban J connectivity index is 1.98. The third-order valence-electron chi connectivity index (χ3n) is 2.09. The molecular weight excluding hydrogens is 226 g/mol. The maximum absolute atomic E-state index is 11.7. The maximum atomic E-state index is 11.7. The molecule has 0 aliphatic carbocycles. The van der Waals surface area contributed by atoms with Crippen molar-refractivity contribution in [2.45, 2.75) is 13.5 Å². The molecule has 0 unspecified atom stereocenters. The lowest BCUT2D eigenvalue weighted by Gasteiger charge is -1.99. The van der Waals surface area contributed by atoms with Crippen LogP contribution >= 0.6 is 11.3 Å². The second kappa shape index (κ2) is 4.36. The van der Waals surface area contributed by atoms with Crippen molar-refractivity contribution in [3.05, 3.63) is 33.8 Å². The first kappa shape index (κ1) is 10.7. The van der Waals surface area contributed by atoms with E-state index in [1.165, 1.54) is 17.5 Å². The summed E-state index contributed by atoms with van der Waals surface area (Å²) in [5.74, 6) is 0.468. The number of hydrogen-bond donors (Lipinski definition) is 2. The lowest BCUT2D eigenvalue weighted by molar-refractivity contribution is 0.0951. The van der Waals surface area contributed by atoms with Crippen molar-refractivity contribution in [3.8, 4) is 0 Å². The fourth-order valence-electron chi connectivity index (χ4n) is 1.20. The molecule has 0 saturated heterocycles. The lowest BCUT2D eigenvalue weighted by Crippen LogP contribution is -2.21. The molecule has 0 spiro atoms. The van der Waals surface area contributed by atoms with Crippen LogP contribution in [0.1, 0.15) is 20.3 Å². The molecular formula is C10H11N3O2S. The molecule has 3 N–H and O–H groups in total. The van der Waals surface area contributed by atoms with Crippen LogP contribution in [0.15, 0.2) is 22.9 Å². The molecule has 0 saturated carbocycles. The molecule has 2 rings (SSSR count). The van der Waals surface area contributed by atoms with Gasteiger partial charge in [0.15, 0.2) is 5.76 Å². The van der Waals surface area contributed by atoms with Crippen molar-refractivity contribution >= 4 is 22.9 Å². The number of nitrogen functional groups attached to an aromatic ring is 1. The number of rotatable bonds is 3. The highest BCUT2D eigenvalue weighted by Gasteiger charge is 2.10. The van der Waals surface area contributed by atoms with E-state index in [9.17, 15) is 4.79 Å². The number of nitrogens with one attached hydrogen (secondary N) is 1. The highest BCUT2D eigenvalue weighted by molar-refractivity contribution is 7.14. The molecule has 0 fully saturated rings. The van der Waals surface area contributed by atoms with Crippen LogP contribution in [-0.2, 0) is 6.54 Å². The minimum Gasteiger partial charge on any atom is -0.398 e. The molecule has 0 aromatic carbocycles. The molecule has 84 valence electrons. The summed E-state index contributed by atoms with van der Waals surface area (Å²) in [4.78, 5) is 13.2. The minimum atomic E-state index is -0.152. The van der Waals surface area contributed by atoms with Crippen molar-refractivity contribution in [3.63, 3.8) is 0 Å². The van der Waals surface area contributed by atoms with E-state index in [2.05, 4.69) is 10.5 Å². The van der Waals surface area contributed by atoms with E-state index in [1.54, 1.807) is 12.1 Å². The molecule has 2 heterocycles. The van der Waals surface area contributed by atoms with E-state index < -0.39 is 0 Å². The molecule has 2 aromatic rings. The summed E-state index contributed by atoms with van der Waals surface area (Å²) in [7, 11) is 0. The van der Waals surface area contributed by atoms with Gasteiger partial charge in [-0.05, 0) is 13.0 Å². The van der Waals surface area contributed by atoms with Crippen molar-refractivity contribution in [2.75, 3.05) is 5.73 Å². The summed E-state index contributed by atoms with van der Waals surface area (Å²) in [5, 5.41) is 6.27. The third-order valence-corrected chi connectivity index (χ3v) is 3.16. The van der Waals surface area contributed by atoms with Crippen LogP contribution in [0.5, 0.6) is 0 Å². The van der Waals surface area contributed by atoms with Crippen molar-refractivity contribution in [2.24, 2.45) is 0 Å². The summed E-state index contributed by atoms with van der Waals surface area (Å²) < 4.78 is 4.86. The zero-order valence-electron chi connectivity index (χ0n) is 8.69. The highest BCUT2D eigenvalue weighted by Crippen LogP contribution is 2.23. The molecule has 0 aliphatic heterocycles. The third kappa shape index (κ3) is 2.22. The van der Waals surface area contributed by atoms with Gasteiger partial charge in [-0.15, -0.1) is 11.3 Å². The summed E-state index contributed by atoms with van der Waals surface area (Å²) in [6, 6.07) is 3.38. The van der Waals surface area contributed by atoms with Crippen molar-refractivity contribution < 1.29 is 9.32 Å². The Morgan fingerprint density at radius 1 is 1.69 bits per heavy atom. The van der Waals surface area contributed by atoms with Crippen molar-refractivity contribution in [1.82, 2.24) is 10.5 Å². The van der Waals surface area contributed by atoms with Crippen LogP contribution in [0.25, 0.3) is 0 Å². The molecule has 6 heteroatoms. The van der Waals surface area contributed by atoms with Crippen LogP contribution in [0.2, 0.25) is 0 Å². The van der Waals surface area contributed by atoms with Gasteiger partial charge in [-0.3, -0.25) is 4.79 Å². The number of aryl methyl sites for hydroxylation is 1. The minimum absolute atomic E-state index is 0.152. The van der Waals surface area contributed by atoms with Gasteiger partial charge in [0.25, 0.3) is 5.91 Å². The van der Waals surface area contributed by atoms with Gasteiger partial charge in [-0.25, -0.2) is 0 Å². The Morgan fingerprint density at radius 2 is 2.50 bits per heavy atom. The van der Waals surface area contributed by atoms with Gasteiger partial charge in [0.2, 0.25) is 0 Å². The highest BCUT2D eigenvalue weighted by atomic mass is 32.1. The quantitative estimate of drug-likeness (QED) is 0.848. The summed E-state index contributed by atoms with van der Waals surface area (Å²) >= 11 is 1.38. The van der Waals surface area contributed by atoms with Crippen LogP contribution < -0.4 is 11.1 Å². The number of nitrogens with two attached hydrogens (primary N) is 1. The average Bonchev–Trinajstić information content (AvgIpc) is 2.86. The van der Waals surface area contributed by atoms with Gasteiger partial charge >= 0.3 is 0 Å². The fraction of sp³-hybridized carbons (Fsp3) is 0.200. The first-order chi connectivity index (χ1) is 7.66. The van der Waals surface area contributed by atoms with Gasteiger partial charge < -0.3 is 15.6 Å². The number of thiophene rings is 1. The van der Waals surface area contributed by atoms with Crippen LogP contribution in [-0.4, -0.2) is 11.1 Å². The predicted octanol–water partition coefficient (Wildman–Crippen LogP) is 1.56. The summed E-state index contributed by atoms with van der Waals surface area (Å²) in [6.07, 6.45) is 1.54. The molecule has 5 nitrogen and oxygen atoms in total. The number of hydrogen-bond acceptors (Lipinski definition) is 5. The second-order valence-electron chi connectivity index (χ2n) is 3.28. The van der Waals surface area contributed by atoms with Gasteiger partial charge in [0, 0.05) is 16.6 Å². The zero-order chi connectivity index (χ0) is 11.5. The van der Waals surface area contributed by atoms with Gasteiger partial charge in [0.1, 0.15) is 0 Å². The van der Waals surface area contributed by atoms with E-state index in [-0.39, 0.29) is 5.91 Å². The molecule has 2 aromatic heterocycles. The number of anilines is 1. The van der Waals surface area contributed by atoms with E-state index in [4.69, 9.17) is 10.3 Å². The number of carbonyl (C=O) groups excluding carboxylic acids is 1. The van der Waals surface area contributed by atoms with Gasteiger partial charge in [-0.1, -0.05) is 5.16 Å². The number of amides is 1. The topological polar surface area (TPSA) is 81.2 Å². The molecule has 0 atom stereocenters. The smallest absolute Gasteiger partial charge is 0.261 e. The van der Waals surface area contributed by atoms with Gasteiger partial charge in [-0.2, -0.15) is 0 Å².